The number of nitriles is 1. The Morgan fingerprint density at radius 1 is 1.82 bits per heavy atom. The van der Waals surface area contributed by atoms with Gasteiger partial charge in [0.05, 0.1) is 13.2 Å². The lowest BCUT2D eigenvalue weighted by atomic mass is 9.62. The summed E-state index contributed by atoms with van der Waals surface area (Å²) in [6.07, 6.45) is 1.60. The zero-order valence-electron chi connectivity index (χ0n) is 6.76. The van der Waals surface area contributed by atoms with Gasteiger partial charge in [-0.05, 0) is 18.8 Å². The first-order valence-corrected chi connectivity index (χ1v) is 3.67. The van der Waals surface area contributed by atoms with Gasteiger partial charge in [0.2, 0.25) is 0 Å². The number of hydrogen-bond donors (Lipinski definition) is 0. The Morgan fingerprint density at radius 2 is 2.45 bits per heavy atom. The van der Waals surface area contributed by atoms with Crippen molar-refractivity contribution in [2.75, 3.05) is 7.11 Å². The van der Waals surface area contributed by atoms with E-state index >= 15 is 0 Å². The second kappa shape index (κ2) is 2.54. The minimum Gasteiger partial charge on any atom is -0.468 e. The number of nitrogens with zero attached hydrogens (tertiary/aromatic N) is 1. The summed E-state index contributed by atoms with van der Waals surface area (Å²) in [5, 5.41) is 8.76. The smallest absolute Gasteiger partial charge is 0.326 e. The lowest BCUT2D eigenvalue weighted by molar-refractivity contribution is -0.157. The third-order valence-corrected chi connectivity index (χ3v) is 2.56. The Balaban J connectivity index is 2.79. The van der Waals surface area contributed by atoms with E-state index in [-0.39, 0.29) is 11.9 Å². The largest absolute Gasteiger partial charge is 0.468 e. The molecule has 1 fully saturated rings. The van der Waals surface area contributed by atoms with Gasteiger partial charge in [0.1, 0.15) is 0 Å². The van der Waals surface area contributed by atoms with Crippen molar-refractivity contribution in [3.05, 3.63) is 0 Å². The van der Waals surface area contributed by atoms with Crippen molar-refractivity contribution >= 4 is 5.97 Å². The lowest BCUT2D eigenvalue weighted by Gasteiger charge is -2.39. The second-order valence-corrected chi connectivity index (χ2v) is 3.01. The molecule has 1 rings (SSSR count). The normalized spacial score (nSPS) is 35.2. The van der Waals surface area contributed by atoms with Crippen LogP contribution in [0.25, 0.3) is 0 Å². The van der Waals surface area contributed by atoms with Gasteiger partial charge in [0, 0.05) is 0 Å². The van der Waals surface area contributed by atoms with Crippen molar-refractivity contribution in [2.24, 2.45) is 11.3 Å². The van der Waals surface area contributed by atoms with Crippen LogP contribution in [-0.2, 0) is 9.53 Å². The minimum absolute atomic E-state index is 0.153. The summed E-state index contributed by atoms with van der Waals surface area (Å²) < 4.78 is 4.56. The molecule has 0 bridgehead atoms. The Labute approximate surface area is 66.0 Å². The van der Waals surface area contributed by atoms with E-state index in [1.807, 2.05) is 13.0 Å². The second-order valence-electron chi connectivity index (χ2n) is 3.01. The van der Waals surface area contributed by atoms with Crippen LogP contribution in [0.3, 0.4) is 0 Å². The number of ether oxygens (including phenoxy) is 1. The summed E-state index contributed by atoms with van der Waals surface area (Å²) >= 11 is 0. The molecule has 3 heteroatoms. The molecule has 0 aromatic carbocycles. The van der Waals surface area contributed by atoms with Crippen LogP contribution in [0.1, 0.15) is 19.8 Å². The third-order valence-electron chi connectivity index (χ3n) is 2.56. The number of esters is 1. The SMILES string of the molecule is COC(=O)[C@@]1(C#N)CC[C@@H]1C. The quantitative estimate of drug-likeness (QED) is 0.530. The van der Waals surface area contributed by atoms with Crippen molar-refractivity contribution in [1.82, 2.24) is 0 Å². The van der Waals surface area contributed by atoms with Crippen LogP contribution in [0, 0.1) is 22.7 Å². The summed E-state index contributed by atoms with van der Waals surface area (Å²) in [5.41, 5.74) is -0.825. The molecule has 0 aromatic rings. The Kier molecular flexibility index (Phi) is 1.86. The van der Waals surface area contributed by atoms with E-state index in [1.165, 1.54) is 7.11 Å². The van der Waals surface area contributed by atoms with Gasteiger partial charge in [0.25, 0.3) is 0 Å². The molecule has 0 saturated heterocycles. The van der Waals surface area contributed by atoms with Crippen molar-refractivity contribution in [2.45, 2.75) is 19.8 Å². The fourth-order valence-corrected chi connectivity index (χ4v) is 1.42. The maximum Gasteiger partial charge on any atom is 0.326 e. The van der Waals surface area contributed by atoms with Gasteiger partial charge in [-0.25, -0.2) is 0 Å². The first kappa shape index (κ1) is 8.06. The maximum absolute atomic E-state index is 11.1. The van der Waals surface area contributed by atoms with Gasteiger partial charge in [-0.15, -0.1) is 0 Å². The van der Waals surface area contributed by atoms with Gasteiger partial charge in [-0.1, -0.05) is 6.92 Å². The van der Waals surface area contributed by atoms with Crippen molar-refractivity contribution in [3.8, 4) is 6.07 Å². The van der Waals surface area contributed by atoms with Gasteiger partial charge >= 0.3 is 5.97 Å². The number of hydrogen-bond acceptors (Lipinski definition) is 3. The molecule has 0 aliphatic heterocycles. The summed E-state index contributed by atoms with van der Waals surface area (Å²) in [5.74, 6) is -0.223. The van der Waals surface area contributed by atoms with E-state index < -0.39 is 5.41 Å². The Morgan fingerprint density at radius 3 is 2.55 bits per heavy atom. The molecular formula is C8H11NO2. The zero-order valence-corrected chi connectivity index (χ0v) is 6.76. The molecule has 0 heterocycles. The maximum atomic E-state index is 11.1. The monoisotopic (exact) mass is 153 g/mol. The fourth-order valence-electron chi connectivity index (χ4n) is 1.42. The van der Waals surface area contributed by atoms with Crippen LogP contribution in [0.5, 0.6) is 0 Å². The molecule has 2 atom stereocenters. The summed E-state index contributed by atoms with van der Waals surface area (Å²) in [7, 11) is 1.33. The summed E-state index contributed by atoms with van der Waals surface area (Å²) in [6, 6.07) is 2.04. The van der Waals surface area contributed by atoms with E-state index in [0.29, 0.717) is 6.42 Å². The highest BCUT2D eigenvalue weighted by Gasteiger charge is 2.52. The molecule has 0 N–H and O–H groups in total. The Hall–Kier alpha value is -1.04. The highest BCUT2D eigenvalue weighted by molar-refractivity contribution is 5.81. The number of carbonyl (C=O) groups is 1. The standard InChI is InChI=1S/C8H11NO2/c1-6-3-4-8(6,5-9)7(10)11-2/h6H,3-4H2,1-2H3/t6-,8+/m0/s1. The van der Waals surface area contributed by atoms with Crippen LogP contribution in [0.4, 0.5) is 0 Å². The molecule has 1 saturated carbocycles. The molecule has 0 amide bonds. The third kappa shape index (κ3) is 0.900. The first-order chi connectivity index (χ1) is 5.17. The molecule has 11 heavy (non-hydrogen) atoms. The summed E-state index contributed by atoms with van der Waals surface area (Å²) in [4.78, 5) is 11.1. The van der Waals surface area contributed by atoms with Crippen LogP contribution in [0.2, 0.25) is 0 Å². The van der Waals surface area contributed by atoms with E-state index in [1.54, 1.807) is 0 Å². The first-order valence-electron chi connectivity index (χ1n) is 3.67. The van der Waals surface area contributed by atoms with Gasteiger partial charge in [-0.2, -0.15) is 5.26 Å². The summed E-state index contributed by atoms with van der Waals surface area (Å²) in [6.45, 7) is 1.91. The average Bonchev–Trinajstić information content (AvgIpc) is 2.03. The minimum atomic E-state index is -0.825. The lowest BCUT2D eigenvalue weighted by Crippen LogP contribution is -2.44. The number of carbonyl (C=O) groups excluding carboxylic acids is 1. The van der Waals surface area contributed by atoms with Crippen LogP contribution in [0.15, 0.2) is 0 Å². The zero-order chi connectivity index (χ0) is 8.48. The average molecular weight is 153 g/mol. The van der Waals surface area contributed by atoms with Crippen LogP contribution >= 0.6 is 0 Å². The van der Waals surface area contributed by atoms with Gasteiger partial charge < -0.3 is 4.74 Å². The van der Waals surface area contributed by atoms with Crippen molar-refractivity contribution < 1.29 is 9.53 Å². The van der Waals surface area contributed by atoms with E-state index in [9.17, 15) is 4.79 Å². The highest BCUT2D eigenvalue weighted by Crippen LogP contribution is 2.46. The molecule has 0 unspecified atom stereocenters. The molecule has 1 aliphatic carbocycles. The molecular weight excluding hydrogens is 142 g/mol. The van der Waals surface area contributed by atoms with Crippen molar-refractivity contribution in [3.63, 3.8) is 0 Å². The molecule has 3 nitrogen and oxygen atoms in total. The fraction of sp³-hybridized carbons (Fsp3) is 0.750. The van der Waals surface area contributed by atoms with E-state index in [4.69, 9.17) is 5.26 Å². The van der Waals surface area contributed by atoms with Crippen LogP contribution in [-0.4, -0.2) is 13.1 Å². The van der Waals surface area contributed by atoms with Gasteiger partial charge in [0.15, 0.2) is 5.41 Å². The van der Waals surface area contributed by atoms with E-state index in [0.717, 1.165) is 6.42 Å². The number of methoxy groups -OCH3 is 1. The van der Waals surface area contributed by atoms with E-state index in [2.05, 4.69) is 4.74 Å². The molecule has 1 aliphatic rings. The van der Waals surface area contributed by atoms with Gasteiger partial charge in [-0.3, -0.25) is 4.79 Å². The molecule has 0 aromatic heterocycles. The Bertz CT molecular complexity index is 219. The molecule has 0 spiro atoms. The molecule has 60 valence electrons. The van der Waals surface area contributed by atoms with Crippen molar-refractivity contribution in [1.29, 1.82) is 5.26 Å². The molecule has 0 radical (unpaired) electrons. The number of rotatable bonds is 1. The highest BCUT2D eigenvalue weighted by atomic mass is 16.5. The predicted octanol–water partition coefficient (Wildman–Crippen LogP) is 1.10. The topological polar surface area (TPSA) is 50.1 Å². The predicted molar refractivity (Wildman–Crippen MR) is 38.5 cm³/mol. The van der Waals surface area contributed by atoms with Crippen LogP contribution < -0.4 is 0 Å².